The van der Waals surface area contributed by atoms with Gasteiger partial charge in [0.05, 0.1) is 17.6 Å². The second kappa shape index (κ2) is 5.95. The fraction of sp³-hybridized carbons (Fsp3) is 0.875. The highest BCUT2D eigenvalue weighted by Crippen LogP contribution is 2.01. The number of hydrogen-bond acceptors (Lipinski definition) is 4. The van der Waals surface area contributed by atoms with Crippen LogP contribution in [-0.2, 0) is 9.84 Å². The highest BCUT2D eigenvalue weighted by atomic mass is 32.2. The summed E-state index contributed by atoms with van der Waals surface area (Å²) in [5.74, 6) is 0.190. The Kier molecular flexibility index (Phi) is 5.67. The first-order valence-corrected chi connectivity index (χ1v) is 6.13. The van der Waals surface area contributed by atoms with E-state index in [1.807, 2.05) is 6.07 Å². The maximum absolute atomic E-state index is 11.2. The Morgan fingerprint density at radius 1 is 1.46 bits per heavy atom. The quantitative estimate of drug-likeness (QED) is 0.636. The number of rotatable bonds is 6. The molecule has 0 fully saturated rings. The van der Waals surface area contributed by atoms with E-state index in [4.69, 9.17) is 11.0 Å². The molecule has 0 amide bonds. The van der Waals surface area contributed by atoms with Crippen molar-refractivity contribution < 1.29 is 8.42 Å². The molecule has 0 rings (SSSR count). The Balaban J connectivity index is 3.72. The van der Waals surface area contributed by atoms with Crippen molar-refractivity contribution in [2.75, 3.05) is 11.5 Å². The zero-order valence-electron chi connectivity index (χ0n) is 7.86. The van der Waals surface area contributed by atoms with Crippen molar-refractivity contribution in [1.29, 1.82) is 5.26 Å². The first-order chi connectivity index (χ1) is 5.98. The van der Waals surface area contributed by atoms with Crippen LogP contribution in [0.25, 0.3) is 0 Å². The van der Waals surface area contributed by atoms with E-state index < -0.39 is 9.84 Å². The second-order valence-electron chi connectivity index (χ2n) is 3.21. The van der Waals surface area contributed by atoms with Crippen LogP contribution in [0.2, 0.25) is 0 Å². The van der Waals surface area contributed by atoms with Gasteiger partial charge >= 0.3 is 0 Å². The predicted octanol–water partition coefficient (Wildman–Crippen LogP) is 0.442. The van der Waals surface area contributed by atoms with Crippen molar-refractivity contribution in [3.63, 3.8) is 0 Å². The zero-order valence-corrected chi connectivity index (χ0v) is 8.68. The van der Waals surface area contributed by atoms with Crippen LogP contribution in [0.5, 0.6) is 0 Å². The van der Waals surface area contributed by atoms with Crippen LogP contribution >= 0.6 is 0 Å². The fourth-order valence-corrected chi connectivity index (χ4v) is 2.62. The third-order valence-electron chi connectivity index (χ3n) is 1.51. The van der Waals surface area contributed by atoms with Crippen LogP contribution in [0.4, 0.5) is 0 Å². The van der Waals surface area contributed by atoms with Gasteiger partial charge in [-0.15, -0.1) is 0 Å². The summed E-state index contributed by atoms with van der Waals surface area (Å²) in [4.78, 5) is 0. The minimum Gasteiger partial charge on any atom is -0.327 e. The number of hydrogen-bond donors (Lipinski definition) is 1. The number of unbranched alkanes of at least 4 members (excludes halogenated alkanes) is 2. The van der Waals surface area contributed by atoms with Crippen LogP contribution in [0.15, 0.2) is 0 Å². The molecule has 76 valence electrons. The van der Waals surface area contributed by atoms with E-state index in [-0.39, 0.29) is 17.5 Å². The monoisotopic (exact) mass is 204 g/mol. The normalized spacial score (nSPS) is 13.6. The predicted molar refractivity (Wildman–Crippen MR) is 51.8 cm³/mol. The molecule has 0 saturated heterocycles. The van der Waals surface area contributed by atoms with Crippen molar-refractivity contribution in [2.45, 2.75) is 32.2 Å². The van der Waals surface area contributed by atoms with Crippen LogP contribution in [-0.4, -0.2) is 26.0 Å². The molecule has 1 atom stereocenters. The summed E-state index contributed by atoms with van der Waals surface area (Å²) in [6.45, 7) is 1.67. The molecule has 1 unspecified atom stereocenters. The third-order valence-corrected chi connectivity index (χ3v) is 3.46. The molecule has 13 heavy (non-hydrogen) atoms. The summed E-state index contributed by atoms with van der Waals surface area (Å²) in [5, 5.41) is 8.22. The molecule has 0 aromatic rings. The van der Waals surface area contributed by atoms with Gasteiger partial charge in [0.25, 0.3) is 0 Å². The molecule has 0 aliphatic rings. The Hall–Kier alpha value is -0.600. The smallest absolute Gasteiger partial charge is 0.151 e. The van der Waals surface area contributed by atoms with Gasteiger partial charge in [-0.25, -0.2) is 8.42 Å². The molecule has 0 heterocycles. The van der Waals surface area contributed by atoms with Gasteiger partial charge in [0.15, 0.2) is 9.84 Å². The SMILES string of the molecule is CC(N)CS(=O)(=O)CCCCC#N. The Bertz CT molecular complexity index is 264. The van der Waals surface area contributed by atoms with Gasteiger partial charge in [0.1, 0.15) is 0 Å². The molecule has 0 aliphatic heterocycles. The van der Waals surface area contributed by atoms with Crippen molar-refractivity contribution >= 4 is 9.84 Å². The average Bonchev–Trinajstić information content (AvgIpc) is 1.95. The number of nitriles is 1. The molecule has 0 bridgehead atoms. The van der Waals surface area contributed by atoms with E-state index >= 15 is 0 Å². The van der Waals surface area contributed by atoms with Gasteiger partial charge in [-0.1, -0.05) is 0 Å². The highest BCUT2D eigenvalue weighted by Gasteiger charge is 2.12. The van der Waals surface area contributed by atoms with Crippen LogP contribution in [0.3, 0.4) is 0 Å². The van der Waals surface area contributed by atoms with Crippen molar-refractivity contribution in [3.05, 3.63) is 0 Å². The molecular weight excluding hydrogens is 188 g/mol. The molecule has 2 N–H and O–H groups in total. The van der Waals surface area contributed by atoms with Crippen LogP contribution in [0.1, 0.15) is 26.2 Å². The molecule has 0 aromatic carbocycles. The summed E-state index contributed by atoms with van der Waals surface area (Å²) in [6.07, 6.45) is 1.63. The van der Waals surface area contributed by atoms with Gasteiger partial charge in [-0.05, 0) is 19.8 Å². The summed E-state index contributed by atoms with van der Waals surface area (Å²) in [6, 6.07) is 1.67. The van der Waals surface area contributed by atoms with E-state index in [1.165, 1.54) is 0 Å². The molecule has 0 aromatic heterocycles. The summed E-state index contributed by atoms with van der Waals surface area (Å²) in [5.41, 5.74) is 5.38. The lowest BCUT2D eigenvalue weighted by Gasteiger charge is -2.05. The molecule has 0 spiro atoms. The first-order valence-electron chi connectivity index (χ1n) is 4.31. The largest absolute Gasteiger partial charge is 0.327 e. The van der Waals surface area contributed by atoms with Crippen molar-refractivity contribution in [2.24, 2.45) is 5.73 Å². The second-order valence-corrected chi connectivity index (χ2v) is 5.44. The Labute approximate surface area is 79.7 Å². The first kappa shape index (κ1) is 12.4. The van der Waals surface area contributed by atoms with E-state index in [2.05, 4.69) is 0 Å². The van der Waals surface area contributed by atoms with E-state index in [9.17, 15) is 8.42 Å². The number of nitrogens with zero attached hydrogens (tertiary/aromatic N) is 1. The Morgan fingerprint density at radius 2 is 2.08 bits per heavy atom. The molecular formula is C8H16N2O2S. The molecule has 0 saturated carbocycles. The maximum atomic E-state index is 11.2. The van der Waals surface area contributed by atoms with Crippen LogP contribution < -0.4 is 5.73 Å². The number of sulfone groups is 1. The van der Waals surface area contributed by atoms with Gasteiger partial charge in [-0.2, -0.15) is 5.26 Å². The topological polar surface area (TPSA) is 84.0 Å². The van der Waals surface area contributed by atoms with Gasteiger partial charge in [0, 0.05) is 12.5 Å². The lowest BCUT2D eigenvalue weighted by Crippen LogP contribution is -2.27. The Morgan fingerprint density at radius 3 is 2.54 bits per heavy atom. The highest BCUT2D eigenvalue weighted by molar-refractivity contribution is 7.91. The number of nitrogens with two attached hydrogens (primary N) is 1. The van der Waals surface area contributed by atoms with E-state index in [0.717, 1.165) is 0 Å². The van der Waals surface area contributed by atoms with Crippen molar-refractivity contribution in [1.82, 2.24) is 0 Å². The van der Waals surface area contributed by atoms with Gasteiger partial charge in [-0.3, -0.25) is 0 Å². The minimum atomic E-state index is -3.00. The lowest BCUT2D eigenvalue weighted by atomic mass is 10.3. The summed E-state index contributed by atoms with van der Waals surface area (Å²) in [7, 11) is -3.00. The van der Waals surface area contributed by atoms with Gasteiger partial charge < -0.3 is 5.73 Å². The van der Waals surface area contributed by atoms with Crippen molar-refractivity contribution in [3.8, 4) is 6.07 Å². The molecule has 5 heteroatoms. The third kappa shape index (κ3) is 7.75. The zero-order chi connectivity index (χ0) is 10.3. The fourth-order valence-electron chi connectivity index (χ4n) is 1.01. The van der Waals surface area contributed by atoms with E-state index in [1.54, 1.807) is 6.92 Å². The van der Waals surface area contributed by atoms with Gasteiger partial charge in [0.2, 0.25) is 0 Å². The van der Waals surface area contributed by atoms with Crippen LogP contribution in [0, 0.1) is 11.3 Å². The average molecular weight is 204 g/mol. The molecule has 4 nitrogen and oxygen atoms in total. The summed E-state index contributed by atoms with van der Waals surface area (Å²) >= 11 is 0. The van der Waals surface area contributed by atoms with E-state index in [0.29, 0.717) is 19.3 Å². The molecule has 0 aliphatic carbocycles. The molecule has 0 radical (unpaired) electrons. The standard InChI is InChI=1S/C8H16N2O2S/c1-8(10)7-13(11,12)6-4-2-3-5-9/h8H,2-4,6-7,10H2,1H3. The maximum Gasteiger partial charge on any atom is 0.151 e. The lowest BCUT2D eigenvalue weighted by molar-refractivity contribution is 0.586. The summed E-state index contributed by atoms with van der Waals surface area (Å²) < 4.78 is 22.5. The minimum absolute atomic E-state index is 0.0412.